The zero-order valence-electron chi connectivity index (χ0n) is 19.8. The van der Waals surface area contributed by atoms with Crippen LogP contribution in [0.3, 0.4) is 0 Å². The van der Waals surface area contributed by atoms with Crippen LogP contribution in [0.2, 0.25) is 0 Å². The molecular formula is C26H36N6O2. The van der Waals surface area contributed by atoms with Gasteiger partial charge in [-0.15, -0.1) is 0 Å². The summed E-state index contributed by atoms with van der Waals surface area (Å²) in [7, 11) is 0. The summed E-state index contributed by atoms with van der Waals surface area (Å²) < 4.78 is 0. The van der Waals surface area contributed by atoms with Crippen molar-refractivity contribution >= 4 is 23.4 Å². The van der Waals surface area contributed by atoms with E-state index in [0.717, 1.165) is 56.1 Å². The third kappa shape index (κ3) is 7.45. The number of piperidine rings is 1. The minimum absolute atomic E-state index is 0.00850. The first kappa shape index (κ1) is 24.0. The van der Waals surface area contributed by atoms with E-state index < -0.39 is 0 Å². The number of anilines is 2. The van der Waals surface area contributed by atoms with Gasteiger partial charge in [0, 0.05) is 50.6 Å². The topological polar surface area (TPSA) is 89.6 Å². The van der Waals surface area contributed by atoms with Crippen LogP contribution in [-0.2, 0) is 11.3 Å². The summed E-state index contributed by atoms with van der Waals surface area (Å²) in [5.41, 5.74) is 1.81. The van der Waals surface area contributed by atoms with Crippen molar-refractivity contribution in [3.63, 3.8) is 0 Å². The van der Waals surface area contributed by atoms with Crippen molar-refractivity contribution in [1.82, 2.24) is 20.5 Å². The molecule has 182 valence electrons. The molecule has 0 aliphatic carbocycles. The van der Waals surface area contributed by atoms with Gasteiger partial charge in [-0.05, 0) is 49.4 Å². The molecule has 0 bridgehead atoms. The number of para-hydroxylation sites is 1. The molecule has 2 saturated heterocycles. The Bertz CT molecular complexity index is 905. The monoisotopic (exact) mass is 464 g/mol. The minimum Gasteiger partial charge on any atom is -0.357 e. The number of aromatic nitrogens is 1. The highest BCUT2D eigenvalue weighted by Gasteiger charge is 2.22. The predicted molar refractivity (Wildman–Crippen MR) is 135 cm³/mol. The Balaban J connectivity index is 1.13. The van der Waals surface area contributed by atoms with Gasteiger partial charge in [0.15, 0.2) is 0 Å². The average Bonchev–Trinajstić information content (AvgIpc) is 3.15. The van der Waals surface area contributed by atoms with E-state index in [-0.39, 0.29) is 18.0 Å². The minimum atomic E-state index is -0.156. The summed E-state index contributed by atoms with van der Waals surface area (Å²) in [5, 5.41) is 8.93. The second kappa shape index (κ2) is 12.4. The van der Waals surface area contributed by atoms with Gasteiger partial charge in [0.2, 0.25) is 5.91 Å². The van der Waals surface area contributed by atoms with E-state index in [2.05, 4.69) is 36.8 Å². The number of urea groups is 1. The van der Waals surface area contributed by atoms with Crippen LogP contribution in [0.5, 0.6) is 0 Å². The van der Waals surface area contributed by atoms with Crippen molar-refractivity contribution in [3.8, 4) is 0 Å². The van der Waals surface area contributed by atoms with Crippen LogP contribution in [0.4, 0.5) is 16.3 Å². The zero-order chi connectivity index (χ0) is 23.6. The maximum atomic E-state index is 12.4. The second-order valence-electron chi connectivity index (χ2n) is 9.22. The largest absolute Gasteiger partial charge is 0.357 e. The Morgan fingerprint density at radius 2 is 1.65 bits per heavy atom. The molecule has 2 aromatic rings. The highest BCUT2D eigenvalue weighted by atomic mass is 16.2. The van der Waals surface area contributed by atoms with Crippen LogP contribution in [0.25, 0.3) is 0 Å². The summed E-state index contributed by atoms with van der Waals surface area (Å²) >= 11 is 0. The molecule has 1 aromatic heterocycles. The van der Waals surface area contributed by atoms with Crippen LogP contribution in [0, 0.1) is 0 Å². The Morgan fingerprint density at radius 3 is 2.32 bits per heavy atom. The van der Waals surface area contributed by atoms with E-state index in [0.29, 0.717) is 13.1 Å². The Labute approximate surface area is 202 Å². The van der Waals surface area contributed by atoms with E-state index in [1.54, 1.807) is 0 Å². The standard InChI is InChI=1S/C26H36N6O2/c33-25(29-22-8-4-3-5-9-22)20-31-16-12-23(13-17-31)30-26(34)28-19-21-10-11-24(27-18-21)32-14-6-1-2-7-15-32/h3-5,8-11,18,23H,1-2,6-7,12-17,19-20H2,(H,29,33)(H2,28,30,34). The van der Waals surface area contributed by atoms with Crippen molar-refractivity contribution in [3.05, 3.63) is 54.2 Å². The molecule has 0 saturated carbocycles. The third-order valence-electron chi connectivity index (χ3n) is 6.54. The Morgan fingerprint density at radius 1 is 0.912 bits per heavy atom. The van der Waals surface area contributed by atoms with Crippen LogP contribution >= 0.6 is 0 Å². The summed E-state index contributed by atoms with van der Waals surface area (Å²) in [5.74, 6) is 1.02. The summed E-state index contributed by atoms with van der Waals surface area (Å²) in [4.78, 5) is 33.7. The van der Waals surface area contributed by atoms with E-state index in [9.17, 15) is 9.59 Å². The lowest BCUT2D eigenvalue weighted by Gasteiger charge is -2.31. The molecule has 1 aromatic carbocycles. The molecule has 3 amide bonds. The fourth-order valence-corrected chi connectivity index (χ4v) is 4.59. The molecule has 2 aliphatic rings. The number of hydrogen-bond acceptors (Lipinski definition) is 5. The van der Waals surface area contributed by atoms with Gasteiger partial charge in [0.1, 0.15) is 5.82 Å². The lowest BCUT2D eigenvalue weighted by atomic mass is 10.1. The van der Waals surface area contributed by atoms with Gasteiger partial charge in [0.25, 0.3) is 0 Å². The van der Waals surface area contributed by atoms with Crippen molar-refractivity contribution < 1.29 is 9.59 Å². The number of likely N-dealkylation sites (tertiary alicyclic amines) is 1. The fourth-order valence-electron chi connectivity index (χ4n) is 4.59. The number of pyridine rings is 1. The smallest absolute Gasteiger partial charge is 0.315 e. The molecule has 34 heavy (non-hydrogen) atoms. The summed E-state index contributed by atoms with van der Waals surface area (Å²) in [6.07, 6.45) is 8.58. The molecule has 0 unspecified atom stereocenters. The molecular weight excluding hydrogens is 428 g/mol. The summed E-state index contributed by atoms with van der Waals surface area (Å²) in [6.45, 7) is 4.54. The van der Waals surface area contributed by atoms with Crippen LogP contribution in [-0.4, -0.2) is 60.6 Å². The lowest BCUT2D eigenvalue weighted by molar-refractivity contribution is -0.117. The first-order chi connectivity index (χ1) is 16.7. The lowest BCUT2D eigenvalue weighted by Crippen LogP contribution is -2.48. The SMILES string of the molecule is O=C(CN1CCC(NC(=O)NCc2ccc(N3CCCCCC3)nc2)CC1)Nc1ccccc1. The molecule has 8 nitrogen and oxygen atoms in total. The number of nitrogens with zero attached hydrogens (tertiary/aromatic N) is 3. The molecule has 4 rings (SSSR count). The third-order valence-corrected chi connectivity index (χ3v) is 6.54. The molecule has 0 spiro atoms. The van der Waals surface area contributed by atoms with E-state index in [4.69, 9.17) is 0 Å². The highest BCUT2D eigenvalue weighted by Crippen LogP contribution is 2.17. The second-order valence-corrected chi connectivity index (χ2v) is 9.22. The molecule has 2 aliphatic heterocycles. The number of benzene rings is 1. The van der Waals surface area contributed by atoms with E-state index in [1.807, 2.05) is 42.6 Å². The normalized spacial score (nSPS) is 17.6. The van der Waals surface area contributed by atoms with Crippen LogP contribution in [0.1, 0.15) is 44.1 Å². The van der Waals surface area contributed by atoms with Crippen molar-refractivity contribution in [2.75, 3.05) is 42.9 Å². The van der Waals surface area contributed by atoms with Gasteiger partial charge >= 0.3 is 6.03 Å². The van der Waals surface area contributed by atoms with Gasteiger partial charge in [-0.1, -0.05) is 37.1 Å². The molecule has 2 fully saturated rings. The fraction of sp³-hybridized carbons (Fsp3) is 0.500. The molecule has 3 heterocycles. The van der Waals surface area contributed by atoms with Gasteiger partial charge in [-0.25, -0.2) is 9.78 Å². The number of rotatable bonds is 7. The Hall–Kier alpha value is -3.13. The zero-order valence-corrected chi connectivity index (χ0v) is 19.8. The van der Waals surface area contributed by atoms with E-state index >= 15 is 0 Å². The summed E-state index contributed by atoms with van der Waals surface area (Å²) in [6, 6.07) is 13.6. The number of nitrogens with one attached hydrogen (secondary N) is 3. The first-order valence-corrected chi connectivity index (χ1v) is 12.5. The number of amides is 3. The van der Waals surface area contributed by atoms with Gasteiger partial charge in [-0.2, -0.15) is 0 Å². The van der Waals surface area contributed by atoms with Crippen molar-refractivity contribution in [1.29, 1.82) is 0 Å². The van der Waals surface area contributed by atoms with Crippen LogP contribution < -0.4 is 20.9 Å². The average molecular weight is 465 g/mol. The molecule has 8 heteroatoms. The quantitative estimate of drug-likeness (QED) is 0.585. The maximum absolute atomic E-state index is 12.4. The first-order valence-electron chi connectivity index (χ1n) is 12.5. The van der Waals surface area contributed by atoms with Gasteiger partial charge in [-0.3, -0.25) is 9.69 Å². The van der Waals surface area contributed by atoms with Crippen molar-refractivity contribution in [2.45, 2.75) is 51.1 Å². The predicted octanol–water partition coefficient (Wildman–Crippen LogP) is 3.36. The number of carbonyl (C=O) groups is 2. The van der Waals surface area contributed by atoms with Crippen molar-refractivity contribution in [2.24, 2.45) is 0 Å². The number of hydrogen-bond donors (Lipinski definition) is 3. The Kier molecular flexibility index (Phi) is 8.73. The highest BCUT2D eigenvalue weighted by molar-refractivity contribution is 5.92. The maximum Gasteiger partial charge on any atom is 0.315 e. The number of carbonyl (C=O) groups excluding carboxylic acids is 2. The van der Waals surface area contributed by atoms with Gasteiger partial charge < -0.3 is 20.9 Å². The molecule has 0 atom stereocenters. The van der Waals surface area contributed by atoms with Gasteiger partial charge in [0.05, 0.1) is 6.54 Å². The molecule has 3 N–H and O–H groups in total. The van der Waals surface area contributed by atoms with E-state index in [1.165, 1.54) is 25.7 Å². The van der Waals surface area contributed by atoms with Crippen LogP contribution in [0.15, 0.2) is 48.7 Å². The molecule has 0 radical (unpaired) electrons.